The summed E-state index contributed by atoms with van der Waals surface area (Å²) in [7, 11) is -4.69. The number of carbonyl (C=O) groups is 2. The number of carboxylic acid groups (broad SMARTS) is 1. The van der Waals surface area contributed by atoms with E-state index >= 15 is 0 Å². The molecule has 8 nitrogen and oxygen atoms in total. The van der Waals surface area contributed by atoms with Crippen LogP contribution in [0.15, 0.2) is 77.7 Å². The van der Waals surface area contributed by atoms with Crippen molar-refractivity contribution in [3.8, 4) is 11.1 Å². The van der Waals surface area contributed by atoms with Crippen molar-refractivity contribution in [1.29, 1.82) is 0 Å². The zero-order valence-electron chi connectivity index (χ0n) is 19.9. The van der Waals surface area contributed by atoms with Gasteiger partial charge in [-0.1, -0.05) is 48.5 Å². The molecule has 1 amide bonds. The number of hydrogen-bond donors (Lipinski definition) is 2. The fourth-order valence-electron chi connectivity index (χ4n) is 4.59. The number of aliphatic carboxylic acids is 1. The zero-order valence-corrected chi connectivity index (χ0v) is 20.7. The maximum absolute atomic E-state index is 13.5. The van der Waals surface area contributed by atoms with Gasteiger partial charge in [-0.05, 0) is 72.3 Å². The molecule has 1 aliphatic carbocycles. The van der Waals surface area contributed by atoms with Gasteiger partial charge in [0.1, 0.15) is 18.5 Å². The third kappa shape index (κ3) is 5.35. The molecule has 1 atom stereocenters. The number of rotatable bonds is 10. The maximum Gasteiger partial charge on any atom is 0.424 e. The standard InChI is InChI=1S/C27H27FN2O6S/c28-18-12-14-19(15-13-18)37(34,35)30(25(26(31)32)11-5-6-16-29)27(33)36-17-24-22-9-3-1-7-20(22)21-8-2-4-10-23(21)24/h1-4,7-10,12-15,24-25H,5-6,11,16-17,29H2,(H,31,32)/t25-/m0/s1. The minimum Gasteiger partial charge on any atom is -0.480 e. The van der Waals surface area contributed by atoms with Crippen molar-refractivity contribution in [1.82, 2.24) is 4.31 Å². The number of halogens is 1. The lowest BCUT2D eigenvalue weighted by molar-refractivity contribution is -0.141. The smallest absolute Gasteiger partial charge is 0.424 e. The molecule has 10 heteroatoms. The van der Waals surface area contributed by atoms with Crippen molar-refractivity contribution in [2.24, 2.45) is 5.73 Å². The summed E-state index contributed by atoms with van der Waals surface area (Å²) in [6.07, 6.45) is -0.748. The van der Waals surface area contributed by atoms with Crippen LogP contribution >= 0.6 is 0 Å². The van der Waals surface area contributed by atoms with Crippen LogP contribution in [0.2, 0.25) is 0 Å². The second kappa shape index (κ2) is 11.1. The molecule has 0 unspecified atom stereocenters. The summed E-state index contributed by atoms with van der Waals surface area (Å²) in [5, 5.41) is 9.88. The van der Waals surface area contributed by atoms with E-state index < -0.39 is 38.8 Å². The first-order chi connectivity index (χ1) is 17.8. The number of carbonyl (C=O) groups excluding carboxylic acids is 1. The van der Waals surface area contributed by atoms with Gasteiger partial charge in [-0.15, -0.1) is 0 Å². The molecular weight excluding hydrogens is 499 g/mol. The summed E-state index contributed by atoms with van der Waals surface area (Å²) in [4.78, 5) is 25.1. The van der Waals surface area contributed by atoms with E-state index in [1.807, 2.05) is 48.5 Å². The number of unbranched alkanes of at least 4 members (excludes halogenated alkanes) is 1. The second-order valence-corrected chi connectivity index (χ2v) is 10.5. The molecule has 3 aromatic carbocycles. The van der Waals surface area contributed by atoms with Crippen LogP contribution < -0.4 is 5.73 Å². The van der Waals surface area contributed by atoms with Crippen molar-refractivity contribution in [3.05, 3.63) is 89.7 Å². The lowest BCUT2D eigenvalue weighted by Gasteiger charge is -2.28. The van der Waals surface area contributed by atoms with Crippen LogP contribution in [0.4, 0.5) is 9.18 Å². The molecule has 0 bridgehead atoms. The monoisotopic (exact) mass is 526 g/mol. The lowest BCUT2D eigenvalue weighted by Crippen LogP contribution is -2.49. The summed E-state index contributed by atoms with van der Waals surface area (Å²) < 4.78 is 46.2. The Morgan fingerprint density at radius 3 is 2.05 bits per heavy atom. The minimum atomic E-state index is -4.69. The number of nitrogens with two attached hydrogens (primary N) is 1. The summed E-state index contributed by atoms with van der Waals surface area (Å²) in [6, 6.07) is 17.3. The fourth-order valence-corrected chi connectivity index (χ4v) is 6.08. The van der Waals surface area contributed by atoms with Gasteiger partial charge < -0.3 is 15.6 Å². The quantitative estimate of drug-likeness (QED) is 0.376. The van der Waals surface area contributed by atoms with E-state index in [4.69, 9.17) is 10.5 Å². The number of hydrogen-bond acceptors (Lipinski definition) is 6. The number of nitrogens with zero attached hydrogens (tertiary/aromatic N) is 1. The first-order valence-corrected chi connectivity index (χ1v) is 13.3. The highest BCUT2D eigenvalue weighted by Gasteiger charge is 2.41. The van der Waals surface area contributed by atoms with E-state index in [0.29, 0.717) is 6.42 Å². The molecule has 0 saturated heterocycles. The van der Waals surface area contributed by atoms with Gasteiger partial charge in [0.25, 0.3) is 10.0 Å². The number of fused-ring (bicyclic) bond motifs is 3. The van der Waals surface area contributed by atoms with Gasteiger partial charge in [0, 0.05) is 5.92 Å². The number of carboxylic acids is 1. The fraction of sp³-hybridized carbons (Fsp3) is 0.259. The van der Waals surface area contributed by atoms with Crippen LogP contribution in [0.3, 0.4) is 0 Å². The average Bonchev–Trinajstić information content (AvgIpc) is 3.20. The van der Waals surface area contributed by atoms with Crippen LogP contribution in [-0.4, -0.2) is 49.1 Å². The number of sulfonamides is 1. The maximum atomic E-state index is 13.5. The molecular formula is C27H27FN2O6S. The molecule has 3 N–H and O–H groups in total. The molecule has 1 aliphatic rings. The molecule has 3 aromatic rings. The van der Waals surface area contributed by atoms with Crippen molar-refractivity contribution >= 4 is 22.1 Å². The second-order valence-electron chi connectivity index (χ2n) is 8.70. The Hall–Kier alpha value is -3.76. The van der Waals surface area contributed by atoms with E-state index in [0.717, 1.165) is 46.5 Å². The molecule has 0 radical (unpaired) electrons. The number of amides is 1. The Kier molecular flexibility index (Phi) is 7.89. The van der Waals surface area contributed by atoms with Crippen LogP contribution in [0.25, 0.3) is 11.1 Å². The van der Waals surface area contributed by atoms with Crippen molar-refractivity contribution in [2.75, 3.05) is 13.2 Å². The van der Waals surface area contributed by atoms with Gasteiger partial charge in [-0.3, -0.25) is 0 Å². The molecule has 4 rings (SSSR count). The van der Waals surface area contributed by atoms with Crippen molar-refractivity contribution < 1.29 is 32.2 Å². The summed E-state index contributed by atoms with van der Waals surface area (Å²) in [6.45, 7) is 0.0828. The Bertz CT molecular complexity index is 1350. The lowest BCUT2D eigenvalue weighted by atomic mass is 9.98. The Labute approximate surface area is 214 Å². The number of benzene rings is 3. The Morgan fingerprint density at radius 1 is 0.946 bits per heavy atom. The van der Waals surface area contributed by atoms with E-state index in [9.17, 15) is 27.5 Å². The van der Waals surface area contributed by atoms with Gasteiger partial charge in [-0.2, -0.15) is 4.31 Å². The predicted octanol–water partition coefficient (Wildman–Crippen LogP) is 4.35. The topological polar surface area (TPSA) is 127 Å². The van der Waals surface area contributed by atoms with Crippen LogP contribution in [-0.2, 0) is 19.6 Å². The summed E-state index contributed by atoms with van der Waals surface area (Å²) >= 11 is 0. The van der Waals surface area contributed by atoms with E-state index in [1.165, 1.54) is 0 Å². The third-order valence-electron chi connectivity index (χ3n) is 6.39. The predicted molar refractivity (Wildman–Crippen MR) is 135 cm³/mol. The third-order valence-corrected chi connectivity index (χ3v) is 8.18. The number of ether oxygens (including phenoxy) is 1. The molecule has 37 heavy (non-hydrogen) atoms. The van der Waals surface area contributed by atoms with Crippen LogP contribution in [0, 0.1) is 5.82 Å². The SMILES string of the molecule is NCCCC[C@@H](C(=O)O)N(C(=O)OCC1c2ccccc2-c2ccccc21)S(=O)(=O)c1ccc(F)cc1. The van der Waals surface area contributed by atoms with Gasteiger partial charge in [0.15, 0.2) is 0 Å². The van der Waals surface area contributed by atoms with Gasteiger partial charge in [0.2, 0.25) is 0 Å². The van der Waals surface area contributed by atoms with Crippen LogP contribution in [0.5, 0.6) is 0 Å². The molecule has 0 heterocycles. The molecule has 0 aliphatic heterocycles. The highest BCUT2D eigenvalue weighted by atomic mass is 32.2. The van der Waals surface area contributed by atoms with Gasteiger partial charge >= 0.3 is 12.1 Å². The molecule has 0 aromatic heterocycles. The van der Waals surface area contributed by atoms with E-state index in [1.54, 1.807) is 0 Å². The first-order valence-electron chi connectivity index (χ1n) is 11.8. The van der Waals surface area contributed by atoms with Gasteiger partial charge in [0.05, 0.1) is 4.90 Å². The highest BCUT2D eigenvalue weighted by Crippen LogP contribution is 2.44. The van der Waals surface area contributed by atoms with E-state index in [-0.39, 0.29) is 36.2 Å². The molecule has 0 fully saturated rings. The highest BCUT2D eigenvalue weighted by molar-refractivity contribution is 7.89. The molecule has 194 valence electrons. The summed E-state index contributed by atoms with van der Waals surface area (Å²) in [5.41, 5.74) is 9.32. The van der Waals surface area contributed by atoms with E-state index in [2.05, 4.69) is 0 Å². The molecule has 0 saturated carbocycles. The normalized spacial score (nSPS) is 13.5. The molecule has 0 spiro atoms. The average molecular weight is 527 g/mol. The zero-order chi connectivity index (χ0) is 26.6. The first kappa shape index (κ1) is 26.3. The Balaban J connectivity index is 1.66. The summed E-state index contributed by atoms with van der Waals surface area (Å²) in [5.74, 6) is -2.53. The minimum absolute atomic E-state index is 0.156. The van der Waals surface area contributed by atoms with Gasteiger partial charge in [-0.25, -0.2) is 22.4 Å². The Morgan fingerprint density at radius 2 is 1.51 bits per heavy atom. The van der Waals surface area contributed by atoms with Crippen molar-refractivity contribution in [3.63, 3.8) is 0 Å². The van der Waals surface area contributed by atoms with Crippen molar-refractivity contribution in [2.45, 2.75) is 36.1 Å². The van der Waals surface area contributed by atoms with Crippen LogP contribution in [0.1, 0.15) is 36.3 Å². The largest absolute Gasteiger partial charge is 0.480 e.